The van der Waals surface area contributed by atoms with Crippen molar-refractivity contribution in [3.05, 3.63) is 63.3 Å². The van der Waals surface area contributed by atoms with Crippen LogP contribution in [0.4, 0.5) is 5.69 Å². The van der Waals surface area contributed by atoms with E-state index in [1.165, 1.54) is 18.8 Å². The highest BCUT2D eigenvalue weighted by molar-refractivity contribution is 5.92. The Labute approximate surface area is 178 Å². The number of rotatable bonds is 9. The Balaban J connectivity index is 1.94. The Morgan fingerprint density at radius 1 is 0.968 bits per heavy atom. The van der Waals surface area contributed by atoms with Crippen molar-refractivity contribution in [2.45, 2.75) is 19.5 Å². The Bertz CT molecular complexity index is 1200. The number of carbonyl (C=O) groups excluding carboxylic acids is 1. The lowest BCUT2D eigenvalue weighted by atomic mass is 10.2. The highest BCUT2D eigenvalue weighted by Crippen LogP contribution is 2.29. The molecule has 1 aromatic heterocycles. The van der Waals surface area contributed by atoms with E-state index in [4.69, 9.17) is 14.2 Å². The monoisotopic (exact) mass is 427 g/mol. The molecule has 0 radical (unpaired) electrons. The minimum Gasteiger partial charge on any atom is -0.493 e. The summed E-state index contributed by atoms with van der Waals surface area (Å²) in [5, 5.41) is 3.13. The molecule has 1 amide bonds. The Morgan fingerprint density at radius 3 is 2.42 bits per heavy atom. The van der Waals surface area contributed by atoms with Gasteiger partial charge >= 0.3 is 5.69 Å². The van der Waals surface area contributed by atoms with E-state index in [1.807, 2.05) is 0 Å². The largest absolute Gasteiger partial charge is 0.493 e. The van der Waals surface area contributed by atoms with Gasteiger partial charge in [0.2, 0.25) is 5.91 Å². The van der Waals surface area contributed by atoms with E-state index in [1.54, 1.807) is 49.6 Å². The molecule has 0 aliphatic heterocycles. The molecule has 31 heavy (non-hydrogen) atoms. The summed E-state index contributed by atoms with van der Waals surface area (Å²) >= 11 is 0. The molecule has 1 N–H and O–H groups in total. The molecule has 0 spiro atoms. The van der Waals surface area contributed by atoms with Crippen LogP contribution in [0, 0.1) is 0 Å². The van der Waals surface area contributed by atoms with Gasteiger partial charge in [0, 0.05) is 32.0 Å². The Kier molecular flexibility index (Phi) is 7.09. The van der Waals surface area contributed by atoms with Gasteiger partial charge in [-0.25, -0.2) is 4.79 Å². The van der Waals surface area contributed by atoms with E-state index in [9.17, 15) is 14.4 Å². The third-order valence-electron chi connectivity index (χ3n) is 4.83. The molecule has 1 heterocycles. The summed E-state index contributed by atoms with van der Waals surface area (Å²) in [7, 11) is 4.58. The maximum Gasteiger partial charge on any atom is 0.331 e. The molecular weight excluding hydrogens is 402 g/mol. The first-order valence-electron chi connectivity index (χ1n) is 9.73. The number of aromatic nitrogens is 2. The zero-order valence-corrected chi connectivity index (χ0v) is 17.7. The molecule has 0 saturated heterocycles. The van der Waals surface area contributed by atoms with Crippen molar-refractivity contribution in [3.63, 3.8) is 0 Å². The number of hydrogen-bond acceptors (Lipinski definition) is 6. The zero-order valence-electron chi connectivity index (χ0n) is 17.7. The average Bonchev–Trinajstić information content (AvgIpc) is 2.78. The number of hydrogen-bond donors (Lipinski definition) is 1. The molecule has 0 fully saturated rings. The van der Waals surface area contributed by atoms with Crippen molar-refractivity contribution in [2.75, 3.05) is 33.3 Å². The number of methoxy groups -OCH3 is 3. The zero-order chi connectivity index (χ0) is 22.4. The fourth-order valence-electron chi connectivity index (χ4n) is 3.35. The van der Waals surface area contributed by atoms with Crippen LogP contribution in [0.3, 0.4) is 0 Å². The molecule has 0 aliphatic carbocycles. The molecule has 0 bridgehead atoms. The van der Waals surface area contributed by atoms with Crippen LogP contribution in [-0.2, 0) is 22.6 Å². The number of carbonyl (C=O) groups is 1. The summed E-state index contributed by atoms with van der Waals surface area (Å²) < 4.78 is 17.9. The van der Waals surface area contributed by atoms with Gasteiger partial charge in [0.05, 0.1) is 25.1 Å². The maximum absolute atomic E-state index is 13.0. The van der Waals surface area contributed by atoms with Gasteiger partial charge in [0.1, 0.15) is 6.54 Å². The number of para-hydroxylation sites is 1. The van der Waals surface area contributed by atoms with Gasteiger partial charge in [-0.05, 0) is 30.7 Å². The van der Waals surface area contributed by atoms with E-state index in [2.05, 4.69) is 5.32 Å². The van der Waals surface area contributed by atoms with Crippen molar-refractivity contribution in [3.8, 4) is 11.5 Å². The van der Waals surface area contributed by atoms with E-state index < -0.39 is 11.6 Å². The number of ether oxygens (including phenoxy) is 3. The van der Waals surface area contributed by atoms with Crippen molar-refractivity contribution < 1.29 is 19.0 Å². The Morgan fingerprint density at radius 2 is 1.71 bits per heavy atom. The molecule has 3 rings (SSSR count). The van der Waals surface area contributed by atoms with Gasteiger partial charge in [0.25, 0.3) is 5.56 Å². The fraction of sp³-hybridized carbons (Fsp3) is 0.318. The standard InChI is InChI=1S/C22H25N3O6/c1-29-12-6-11-24-21(27)16-7-4-5-8-17(16)25(22(24)28)14-20(26)23-15-9-10-18(30-2)19(13-15)31-3/h4-5,7-10,13H,6,11-12,14H2,1-3H3,(H,23,26). The predicted octanol–water partition coefficient (Wildman–Crippen LogP) is 1.86. The summed E-state index contributed by atoms with van der Waals surface area (Å²) in [4.78, 5) is 38.6. The highest BCUT2D eigenvalue weighted by atomic mass is 16.5. The van der Waals surface area contributed by atoms with Crippen molar-refractivity contribution in [1.82, 2.24) is 9.13 Å². The van der Waals surface area contributed by atoms with Crippen LogP contribution in [0.15, 0.2) is 52.1 Å². The predicted molar refractivity (Wildman–Crippen MR) is 117 cm³/mol. The lowest BCUT2D eigenvalue weighted by molar-refractivity contribution is -0.116. The number of anilines is 1. The van der Waals surface area contributed by atoms with E-state index in [0.717, 1.165) is 4.57 Å². The summed E-state index contributed by atoms with van der Waals surface area (Å²) in [5.74, 6) is 0.585. The van der Waals surface area contributed by atoms with Gasteiger partial charge in [-0.2, -0.15) is 0 Å². The first-order valence-corrected chi connectivity index (χ1v) is 9.73. The number of nitrogens with one attached hydrogen (secondary N) is 1. The minimum absolute atomic E-state index is 0.202. The summed E-state index contributed by atoms with van der Waals surface area (Å²) in [6, 6.07) is 11.7. The molecule has 3 aromatic rings. The maximum atomic E-state index is 13.0. The number of nitrogens with zero attached hydrogens (tertiary/aromatic N) is 2. The van der Waals surface area contributed by atoms with Crippen LogP contribution in [0.1, 0.15) is 6.42 Å². The molecule has 164 valence electrons. The summed E-state index contributed by atoms with van der Waals surface area (Å²) in [5.41, 5.74) is -0.0214. The number of fused-ring (bicyclic) bond motifs is 1. The lowest BCUT2D eigenvalue weighted by Gasteiger charge is -2.15. The molecule has 0 unspecified atom stereocenters. The third-order valence-corrected chi connectivity index (χ3v) is 4.83. The van der Waals surface area contributed by atoms with Gasteiger partial charge in [-0.3, -0.25) is 18.7 Å². The number of amides is 1. The average molecular weight is 427 g/mol. The second-order valence-corrected chi connectivity index (χ2v) is 6.81. The summed E-state index contributed by atoms with van der Waals surface area (Å²) in [6.45, 7) is 0.365. The highest BCUT2D eigenvalue weighted by Gasteiger charge is 2.16. The SMILES string of the molecule is COCCCn1c(=O)c2ccccc2n(CC(=O)Nc2ccc(OC)c(OC)c2)c1=O. The van der Waals surface area contributed by atoms with Crippen LogP contribution >= 0.6 is 0 Å². The van der Waals surface area contributed by atoms with E-state index in [-0.39, 0.29) is 18.6 Å². The molecular formula is C22H25N3O6. The van der Waals surface area contributed by atoms with Crippen LogP contribution in [-0.4, -0.2) is 43.0 Å². The van der Waals surface area contributed by atoms with Crippen LogP contribution in [0.5, 0.6) is 11.5 Å². The van der Waals surface area contributed by atoms with Gasteiger partial charge in [-0.1, -0.05) is 12.1 Å². The van der Waals surface area contributed by atoms with E-state index in [0.29, 0.717) is 41.1 Å². The lowest BCUT2D eigenvalue weighted by Crippen LogP contribution is -2.42. The number of benzene rings is 2. The van der Waals surface area contributed by atoms with E-state index >= 15 is 0 Å². The fourth-order valence-corrected chi connectivity index (χ4v) is 3.35. The molecule has 0 saturated carbocycles. The Hall–Kier alpha value is -3.59. The van der Waals surface area contributed by atoms with Crippen molar-refractivity contribution in [2.24, 2.45) is 0 Å². The third kappa shape index (κ3) is 4.77. The van der Waals surface area contributed by atoms with Crippen LogP contribution in [0.2, 0.25) is 0 Å². The normalized spacial score (nSPS) is 10.8. The van der Waals surface area contributed by atoms with Crippen LogP contribution < -0.4 is 26.0 Å². The smallest absolute Gasteiger partial charge is 0.331 e. The van der Waals surface area contributed by atoms with Gasteiger partial charge < -0.3 is 19.5 Å². The van der Waals surface area contributed by atoms with Crippen LogP contribution in [0.25, 0.3) is 10.9 Å². The minimum atomic E-state index is -0.540. The molecule has 9 heteroatoms. The molecule has 2 aromatic carbocycles. The quantitative estimate of drug-likeness (QED) is 0.523. The second-order valence-electron chi connectivity index (χ2n) is 6.81. The van der Waals surface area contributed by atoms with Crippen molar-refractivity contribution in [1.29, 1.82) is 0 Å². The second kappa shape index (κ2) is 9.94. The molecule has 0 aliphatic rings. The van der Waals surface area contributed by atoms with Gasteiger partial charge in [-0.15, -0.1) is 0 Å². The molecule has 9 nitrogen and oxygen atoms in total. The van der Waals surface area contributed by atoms with Gasteiger partial charge in [0.15, 0.2) is 11.5 Å². The summed E-state index contributed by atoms with van der Waals surface area (Å²) in [6.07, 6.45) is 0.502. The first kappa shape index (κ1) is 22.1. The molecule has 0 atom stereocenters. The first-order chi connectivity index (χ1) is 15.0. The topological polar surface area (TPSA) is 101 Å². The van der Waals surface area contributed by atoms with Crippen molar-refractivity contribution >= 4 is 22.5 Å².